The molecule has 2 amide bonds. The third-order valence-electron chi connectivity index (χ3n) is 7.07. The second-order valence-electron chi connectivity index (χ2n) is 9.12. The maximum absolute atomic E-state index is 12.8. The van der Waals surface area contributed by atoms with Crippen LogP contribution in [-0.2, 0) is 19.1 Å². The highest BCUT2D eigenvalue weighted by Crippen LogP contribution is 2.44. The summed E-state index contributed by atoms with van der Waals surface area (Å²) >= 11 is 0. The molecule has 2 aromatic rings. The molecule has 2 aromatic carbocycles. The van der Waals surface area contributed by atoms with Crippen molar-refractivity contribution in [1.29, 1.82) is 0 Å². The summed E-state index contributed by atoms with van der Waals surface area (Å²) in [4.78, 5) is 38.0. The summed E-state index contributed by atoms with van der Waals surface area (Å²) in [5.41, 5.74) is 4.65. The van der Waals surface area contributed by atoms with Gasteiger partial charge in [0.2, 0.25) is 5.91 Å². The number of carbonyl (C=O) groups is 3. The summed E-state index contributed by atoms with van der Waals surface area (Å²) in [7, 11) is 0. The second-order valence-corrected chi connectivity index (χ2v) is 9.12. The summed E-state index contributed by atoms with van der Waals surface area (Å²) in [6.07, 6.45) is 0.807. The van der Waals surface area contributed by atoms with E-state index in [0.717, 1.165) is 11.1 Å². The fourth-order valence-electron chi connectivity index (χ4n) is 5.39. The number of benzene rings is 2. The minimum Gasteiger partial charge on any atom is -0.480 e. The quantitative estimate of drug-likeness (QED) is 0.681. The first-order valence-corrected chi connectivity index (χ1v) is 11.8. The molecule has 34 heavy (non-hydrogen) atoms. The molecule has 0 spiro atoms. The first-order chi connectivity index (χ1) is 16.5. The molecule has 1 aliphatic carbocycles. The minimum atomic E-state index is -0.960. The summed E-state index contributed by atoms with van der Waals surface area (Å²) in [5.74, 6) is -1.52. The topological polar surface area (TPSA) is 105 Å². The lowest BCUT2D eigenvalue weighted by molar-refractivity contribution is -0.149. The number of nitrogens with one attached hydrogen (secondary N) is 1. The molecule has 2 fully saturated rings. The number of fused-ring (bicyclic) bond motifs is 3. The SMILES string of the molecule is O=C(NC[C@@H]1C[C@H](C(=O)N2CCC[C@H]2C(=O)O)CO1)OCC1c2ccccc2-c2ccccc21. The zero-order chi connectivity index (χ0) is 23.7. The van der Waals surface area contributed by atoms with Crippen molar-refractivity contribution >= 4 is 18.0 Å². The van der Waals surface area contributed by atoms with Crippen LogP contribution in [0.4, 0.5) is 4.79 Å². The summed E-state index contributed by atoms with van der Waals surface area (Å²) in [6, 6.07) is 15.6. The van der Waals surface area contributed by atoms with E-state index in [0.29, 0.717) is 25.8 Å². The van der Waals surface area contributed by atoms with E-state index in [-0.39, 0.29) is 43.6 Å². The Morgan fingerprint density at radius 2 is 1.74 bits per heavy atom. The predicted molar refractivity (Wildman–Crippen MR) is 123 cm³/mol. The minimum absolute atomic E-state index is 0.00877. The van der Waals surface area contributed by atoms with Crippen molar-refractivity contribution in [2.75, 3.05) is 26.3 Å². The van der Waals surface area contributed by atoms with Gasteiger partial charge in [0, 0.05) is 19.0 Å². The van der Waals surface area contributed by atoms with E-state index in [1.807, 2.05) is 24.3 Å². The van der Waals surface area contributed by atoms with Crippen molar-refractivity contribution in [1.82, 2.24) is 10.2 Å². The number of carboxylic acids is 1. The van der Waals surface area contributed by atoms with Gasteiger partial charge in [0.15, 0.2) is 0 Å². The van der Waals surface area contributed by atoms with Crippen LogP contribution in [0.1, 0.15) is 36.3 Å². The van der Waals surface area contributed by atoms with Crippen molar-refractivity contribution in [2.45, 2.75) is 37.3 Å². The Bertz CT molecular complexity index is 1060. The van der Waals surface area contributed by atoms with Gasteiger partial charge in [-0.05, 0) is 41.5 Å². The number of carboxylic acid groups (broad SMARTS) is 1. The van der Waals surface area contributed by atoms with Gasteiger partial charge in [-0.1, -0.05) is 48.5 Å². The van der Waals surface area contributed by atoms with Crippen LogP contribution in [0, 0.1) is 5.92 Å². The van der Waals surface area contributed by atoms with Crippen LogP contribution in [0.5, 0.6) is 0 Å². The van der Waals surface area contributed by atoms with Gasteiger partial charge in [0.1, 0.15) is 12.6 Å². The van der Waals surface area contributed by atoms with E-state index in [9.17, 15) is 19.5 Å². The molecule has 0 saturated carbocycles. The lowest BCUT2D eigenvalue weighted by Gasteiger charge is -2.24. The Balaban J connectivity index is 1.11. The monoisotopic (exact) mass is 464 g/mol. The van der Waals surface area contributed by atoms with Gasteiger partial charge in [-0.25, -0.2) is 9.59 Å². The van der Waals surface area contributed by atoms with Crippen LogP contribution >= 0.6 is 0 Å². The lowest BCUT2D eigenvalue weighted by Crippen LogP contribution is -2.43. The van der Waals surface area contributed by atoms with Crippen molar-refractivity contribution < 1.29 is 29.0 Å². The smallest absolute Gasteiger partial charge is 0.407 e. The summed E-state index contributed by atoms with van der Waals surface area (Å²) < 4.78 is 11.2. The van der Waals surface area contributed by atoms with E-state index >= 15 is 0 Å². The van der Waals surface area contributed by atoms with Crippen molar-refractivity contribution in [3.05, 3.63) is 59.7 Å². The molecule has 2 saturated heterocycles. The molecular weight excluding hydrogens is 436 g/mol. The molecule has 5 rings (SSSR count). The second kappa shape index (κ2) is 9.46. The number of hydrogen-bond donors (Lipinski definition) is 2. The molecule has 0 aromatic heterocycles. The van der Waals surface area contributed by atoms with E-state index in [2.05, 4.69) is 29.6 Å². The zero-order valence-electron chi connectivity index (χ0n) is 18.8. The predicted octanol–water partition coefficient (Wildman–Crippen LogP) is 3.01. The number of carbonyl (C=O) groups excluding carboxylic acids is 2. The number of hydrogen-bond acceptors (Lipinski definition) is 5. The fraction of sp³-hybridized carbons (Fsp3) is 0.423. The number of amides is 2. The molecule has 0 unspecified atom stereocenters. The molecule has 3 atom stereocenters. The highest BCUT2D eigenvalue weighted by molar-refractivity contribution is 5.86. The van der Waals surface area contributed by atoms with Crippen LogP contribution in [0.15, 0.2) is 48.5 Å². The fourth-order valence-corrected chi connectivity index (χ4v) is 5.39. The Hall–Kier alpha value is -3.39. The third kappa shape index (κ3) is 4.25. The third-order valence-corrected chi connectivity index (χ3v) is 7.07. The van der Waals surface area contributed by atoms with Crippen molar-refractivity contribution in [3.63, 3.8) is 0 Å². The van der Waals surface area contributed by atoms with Gasteiger partial charge >= 0.3 is 12.1 Å². The van der Waals surface area contributed by atoms with Crippen LogP contribution in [0.25, 0.3) is 11.1 Å². The number of rotatable bonds is 6. The first kappa shape index (κ1) is 22.4. The van der Waals surface area contributed by atoms with E-state index in [1.165, 1.54) is 16.0 Å². The Morgan fingerprint density at radius 1 is 1.06 bits per heavy atom. The van der Waals surface area contributed by atoms with Crippen molar-refractivity contribution in [2.24, 2.45) is 5.92 Å². The number of ether oxygens (including phenoxy) is 2. The van der Waals surface area contributed by atoms with Crippen molar-refractivity contribution in [3.8, 4) is 11.1 Å². The van der Waals surface area contributed by atoms with Crippen LogP contribution in [0.2, 0.25) is 0 Å². The molecule has 3 aliphatic rings. The molecular formula is C26H28N2O6. The summed E-state index contributed by atoms with van der Waals surface area (Å²) in [6.45, 7) is 1.18. The summed E-state index contributed by atoms with van der Waals surface area (Å²) in [5, 5.41) is 12.1. The Labute approximate surface area is 197 Å². The average molecular weight is 465 g/mol. The van der Waals surface area contributed by atoms with E-state index < -0.39 is 18.1 Å². The van der Waals surface area contributed by atoms with Crippen LogP contribution < -0.4 is 5.32 Å². The molecule has 0 bridgehead atoms. The highest BCUT2D eigenvalue weighted by atomic mass is 16.5. The van der Waals surface area contributed by atoms with E-state index in [1.54, 1.807) is 0 Å². The van der Waals surface area contributed by atoms with Gasteiger partial charge in [-0.3, -0.25) is 4.79 Å². The number of alkyl carbamates (subject to hydrolysis) is 1. The van der Waals surface area contributed by atoms with Gasteiger partial charge in [-0.15, -0.1) is 0 Å². The molecule has 8 heteroatoms. The van der Waals surface area contributed by atoms with Gasteiger partial charge in [0.25, 0.3) is 0 Å². The molecule has 8 nitrogen and oxygen atoms in total. The van der Waals surface area contributed by atoms with Crippen LogP contribution in [-0.4, -0.2) is 66.4 Å². The highest BCUT2D eigenvalue weighted by Gasteiger charge is 2.40. The standard InChI is InChI=1S/C26H28N2O6/c29-24(28-11-5-10-23(28)25(30)31)16-12-17(33-14-16)13-27-26(32)34-15-22-20-8-3-1-6-18(20)19-7-2-4-9-21(19)22/h1-4,6-9,16-17,22-23H,5,10-15H2,(H,27,32)(H,30,31)/t16-,17-,23-/m0/s1. The Kier molecular flexibility index (Phi) is 6.24. The van der Waals surface area contributed by atoms with Crippen LogP contribution in [0.3, 0.4) is 0 Å². The molecule has 178 valence electrons. The lowest BCUT2D eigenvalue weighted by atomic mass is 9.98. The molecule has 2 N–H and O–H groups in total. The maximum Gasteiger partial charge on any atom is 0.407 e. The Morgan fingerprint density at radius 3 is 2.41 bits per heavy atom. The average Bonchev–Trinajstić information content (AvgIpc) is 3.59. The van der Waals surface area contributed by atoms with Gasteiger partial charge < -0.3 is 24.8 Å². The van der Waals surface area contributed by atoms with E-state index in [4.69, 9.17) is 9.47 Å². The first-order valence-electron chi connectivity index (χ1n) is 11.8. The number of aliphatic carboxylic acids is 1. The van der Waals surface area contributed by atoms with Gasteiger partial charge in [-0.2, -0.15) is 0 Å². The normalized spacial score (nSPS) is 23.4. The largest absolute Gasteiger partial charge is 0.480 e. The number of nitrogens with zero attached hydrogens (tertiary/aromatic N) is 1. The maximum atomic E-state index is 12.8. The molecule has 2 aliphatic heterocycles. The zero-order valence-corrected chi connectivity index (χ0v) is 18.8. The van der Waals surface area contributed by atoms with Gasteiger partial charge in [0.05, 0.1) is 18.6 Å². The number of likely N-dealkylation sites (tertiary alicyclic amines) is 1. The molecule has 0 radical (unpaired) electrons. The molecule has 2 heterocycles.